The summed E-state index contributed by atoms with van der Waals surface area (Å²) in [6.07, 6.45) is 7.17. The fourth-order valence-corrected chi connectivity index (χ4v) is 3.32. The second-order valence-corrected chi connectivity index (χ2v) is 6.90. The van der Waals surface area contributed by atoms with E-state index in [2.05, 4.69) is 21.9 Å². The van der Waals surface area contributed by atoms with E-state index in [1.54, 1.807) is 0 Å². The van der Waals surface area contributed by atoms with Gasteiger partial charge in [0.15, 0.2) is 5.82 Å². The standard InChI is InChI=1S/C14H22N4OS/c1-2-5-14(6-7-14)8-16-13-10(11(15)18-20-13)12(19)17-9-3-4-9/h9,16H,2-8H2,1H3,(H2,15,18)(H,17,19). The minimum absolute atomic E-state index is 0.0819. The van der Waals surface area contributed by atoms with Crippen LogP contribution in [0.25, 0.3) is 0 Å². The summed E-state index contributed by atoms with van der Waals surface area (Å²) in [7, 11) is 0. The van der Waals surface area contributed by atoms with Crippen molar-refractivity contribution < 1.29 is 4.79 Å². The lowest BCUT2D eigenvalue weighted by atomic mass is 10.0. The summed E-state index contributed by atoms with van der Waals surface area (Å²) in [5.41, 5.74) is 6.83. The molecule has 1 aromatic heterocycles. The molecule has 2 aliphatic rings. The van der Waals surface area contributed by atoms with Crippen LogP contribution in [0.3, 0.4) is 0 Å². The molecule has 0 unspecified atom stereocenters. The molecule has 5 nitrogen and oxygen atoms in total. The summed E-state index contributed by atoms with van der Waals surface area (Å²) >= 11 is 1.29. The van der Waals surface area contributed by atoms with Gasteiger partial charge in [-0.05, 0) is 49.1 Å². The number of nitrogens with two attached hydrogens (primary N) is 1. The first-order chi connectivity index (χ1) is 9.63. The number of carbonyl (C=O) groups is 1. The molecule has 0 radical (unpaired) electrons. The maximum absolute atomic E-state index is 12.2. The predicted octanol–water partition coefficient (Wildman–Crippen LogP) is 2.61. The van der Waals surface area contributed by atoms with Crippen LogP contribution in [0.4, 0.5) is 10.8 Å². The van der Waals surface area contributed by atoms with E-state index in [0.29, 0.717) is 22.8 Å². The van der Waals surface area contributed by atoms with Gasteiger partial charge in [-0.2, -0.15) is 4.37 Å². The summed E-state index contributed by atoms with van der Waals surface area (Å²) in [4.78, 5) is 12.2. The van der Waals surface area contributed by atoms with Gasteiger partial charge < -0.3 is 16.4 Å². The van der Waals surface area contributed by atoms with E-state index in [-0.39, 0.29) is 5.91 Å². The third kappa shape index (κ3) is 2.90. The van der Waals surface area contributed by atoms with Gasteiger partial charge in [-0.25, -0.2) is 0 Å². The van der Waals surface area contributed by atoms with Crippen LogP contribution < -0.4 is 16.4 Å². The predicted molar refractivity (Wildman–Crippen MR) is 82.1 cm³/mol. The summed E-state index contributed by atoms with van der Waals surface area (Å²) < 4.78 is 4.13. The molecular formula is C14H22N4OS. The van der Waals surface area contributed by atoms with Crippen molar-refractivity contribution in [2.24, 2.45) is 5.41 Å². The lowest BCUT2D eigenvalue weighted by molar-refractivity contribution is 0.0953. The van der Waals surface area contributed by atoms with Crippen molar-refractivity contribution in [3.63, 3.8) is 0 Å². The van der Waals surface area contributed by atoms with Crippen LogP contribution in [0.15, 0.2) is 0 Å². The maximum Gasteiger partial charge on any atom is 0.258 e. The minimum atomic E-state index is -0.0819. The monoisotopic (exact) mass is 294 g/mol. The Kier molecular flexibility index (Phi) is 3.58. The summed E-state index contributed by atoms with van der Waals surface area (Å²) in [5.74, 6) is 0.262. The van der Waals surface area contributed by atoms with E-state index >= 15 is 0 Å². The number of rotatable bonds is 7. The molecule has 0 bridgehead atoms. The number of hydrogen-bond acceptors (Lipinski definition) is 5. The molecular weight excluding hydrogens is 272 g/mol. The minimum Gasteiger partial charge on any atom is -0.382 e. The molecule has 2 aliphatic carbocycles. The van der Waals surface area contributed by atoms with Gasteiger partial charge in [0.25, 0.3) is 5.91 Å². The largest absolute Gasteiger partial charge is 0.382 e. The van der Waals surface area contributed by atoms with Crippen molar-refractivity contribution in [2.75, 3.05) is 17.6 Å². The Morgan fingerprint density at radius 2 is 2.25 bits per heavy atom. The molecule has 0 aromatic carbocycles. The lowest BCUT2D eigenvalue weighted by Gasteiger charge is -2.15. The molecule has 0 spiro atoms. The Hall–Kier alpha value is -1.30. The molecule has 3 rings (SSSR count). The quantitative estimate of drug-likeness (QED) is 0.722. The number of amides is 1. The zero-order chi connectivity index (χ0) is 14.2. The molecule has 0 saturated heterocycles. The van der Waals surface area contributed by atoms with Crippen molar-refractivity contribution in [1.82, 2.24) is 9.69 Å². The smallest absolute Gasteiger partial charge is 0.258 e. The number of nitrogens with one attached hydrogen (secondary N) is 2. The molecule has 0 aliphatic heterocycles. The van der Waals surface area contributed by atoms with Gasteiger partial charge in [0, 0.05) is 12.6 Å². The second kappa shape index (κ2) is 5.24. The van der Waals surface area contributed by atoms with E-state index in [1.807, 2.05) is 0 Å². The van der Waals surface area contributed by atoms with Crippen molar-refractivity contribution in [3.05, 3.63) is 5.56 Å². The first-order valence-corrected chi connectivity index (χ1v) is 8.21. The van der Waals surface area contributed by atoms with Crippen molar-refractivity contribution >= 4 is 28.3 Å². The number of anilines is 2. The number of aromatic nitrogens is 1. The first kappa shape index (κ1) is 13.7. The Morgan fingerprint density at radius 3 is 2.85 bits per heavy atom. The molecule has 2 saturated carbocycles. The van der Waals surface area contributed by atoms with Crippen LogP contribution in [0.1, 0.15) is 55.8 Å². The molecule has 2 fully saturated rings. The van der Waals surface area contributed by atoms with Gasteiger partial charge in [-0.3, -0.25) is 4.79 Å². The molecule has 6 heteroatoms. The van der Waals surface area contributed by atoms with Gasteiger partial charge >= 0.3 is 0 Å². The summed E-state index contributed by atoms with van der Waals surface area (Å²) in [6, 6.07) is 0.338. The average molecular weight is 294 g/mol. The van der Waals surface area contributed by atoms with Gasteiger partial charge in [0.05, 0.1) is 0 Å². The Bertz CT molecular complexity index is 505. The van der Waals surface area contributed by atoms with E-state index < -0.39 is 0 Å². The SMILES string of the molecule is CCCC1(CNc2snc(N)c2C(=O)NC2CC2)CC1. The third-order valence-corrected chi connectivity index (χ3v) is 5.04. The highest BCUT2D eigenvalue weighted by Gasteiger charge is 2.41. The van der Waals surface area contributed by atoms with Crippen LogP contribution in [-0.4, -0.2) is 22.9 Å². The van der Waals surface area contributed by atoms with E-state index in [1.165, 1.54) is 37.2 Å². The maximum atomic E-state index is 12.2. The number of nitrogens with zero attached hydrogens (tertiary/aromatic N) is 1. The summed E-state index contributed by atoms with van der Waals surface area (Å²) in [6.45, 7) is 3.14. The highest BCUT2D eigenvalue weighted by atomic mass is 32.1. The number of hydrogen-bond donors (Lipinski definition) is 3. The highest BCUT2D eigenvalue weighted by molar-refractivity contribution is 7.11. The van der Waals surface area contributed by atoms with Gasteiger partial charge in [-0.15, -0.1) is 0 Å². The molecule has 0 atom stereocenters. The normalized spacial score (nSPS) is 19.6. The van der Waals surface area contributed by atoms with E-state index in [9.17, 15) is 4.79 Å². The van der Waals surface area contributed by atoms with E-state index in [0.717, 1.165) is 24.4 Å². The average Bonchev–Trinajstić information content (AvgIpc) is 3.32. The van der Waals surface area contributed by atoms with Crippen LogP contribution >= 0.6 is 11.5 Å². The van der Waals surface area contributed by atoms with Crippen LogP contribution in [0, 0.1) is 5.41 Å². The van der Waals surface area contributed by atoms with Crippen molar-refractivity contribution in [3.8, 4) is 0 Å². The fraction of sp³-hybridized carbons (Fsp3) is 0.714. The Morgan fingerprint density at radius 1 is 1.50 bits per heavy atom. The topological polar surface area (TPSA) is 80.0 Å². The molecule has 1 amide bonds. The van der Waals surface area contributed by atoms with Crippen molar-refractivity contribution in [1.29, 1.82) is 0 Å². The summed E-state index contributed by atoms with van der Waals surface area (Å²) in [5, 5.41) is 7.22. The Labute approximate surface area is 123 Å². The fourth-order valence-electron chi connectivity index (χ4n) is 2.62. The highest BCUT2D eigenvalue weighted by Crippen LogP contribution is 2.49. The zero-order valence-electron chi connectivity index (χ0n) is 11.9. The molecule has 20 heavy (non-hydrogen) atoms. The van der Waals surface area contributed by atoms with Gasteiger partial charge in [0.2, 0.25) is 0 Å². The first-order valence-electron chi connectivity index (χ1n) is 7.43. The van der Waals surface area contributed by atoms with Gasteiger partial charge in [0.1, 0.15) is 10.6 Å². The third-order valence-electron chi connectivity index (χ3n) is 4.22. The Balaban J connectivity index is 1.65. The number of nitrogen functional groups attached to an aromatic ring is 1. The van der Waals surface area contributed by atoms with Crippen LogP contribution in [0.2, 0.25) is 0 Å². The molecule has 4 N–H and O–H groups in total. The van der Waals surface area contributed by atoms with Gasteiger partial charge in [-0.1, -0.05) is 13.3 Å². The van der Waals surface area contributed by atoms with Crippen molar-refractivity contribution in [2.45, 2.75) is 51.5 Å². The lowest BCUT2D eigenvalue weighted by Crippen LogP contribution is -2.27. The molecule has 1 aromatic rings. The molecule has 1 heterocycles. The van der Waals surface area contributed by atoms with Crippen LogP contribution in [-0.2, 0) is 0 Å². The number of carbonyl (C=O) groups excluding carboxylic acids is 1. The second-order valence-electron chi connectivity index (χ2n) is 6.12. The van der Waals surface area contributed by atoms with Crippen LogP contribution in [0.5, 0.6) is 0 Å². The van der Waals surface area contributed by atoms with E-state index in [4.69, 9.17) is 5.73 Å². The zero-order valence-corrected chi connectivity index (χ0v) is 12.7. The molecule has 110 valence electrons.